The number of benzene rings is 3. The van der Waals surface area contributed by atoms with E-state index in [0.29, 0.717) is 22.7 Å². The molecule has 0 atom stereocenters. The molecule has 3 aromatic carbocycles. The van der Waals surface area contributed by atoms with Crippen molar-refractivity contribution in [2.75, 3.05) is 29.6 Å². The summed E-state index contributed by atoms with van der Waals surface area (Å²) in [7, 11) is 1.57. The van der Waals surface area contributed by atoms with Crippen LogP contribution in [0.25, 0.3) is 0 Å². The number of rotatable bonds is 7. The van der Waals surface area contributed by atoms with E-state index in [1.54, 1.807) is 43.5 Å². The van der Waals surface area contributed by atoms with Crippen LogP contribution < -0.4 is 20.7 Å². The van der Waals surface area contributed by atoms with Gasteiger partial charge in [0.05, 0.1) is 30.6 Å². The summed E-state index contributed by atoms with van der Waals surface area (Å²) in [4.78, 5) is 25.0. The van der Waals surface area contributed by atoms with Gasteiger partial charge < -0.3 is 20.7 Å². The van der Waals surface area contributed by atoms with Gasteiger partial charge in [-0.15, -0.1) is 0 Å². The van der Waals surface area contributed by atoms with Crippen LogP contribution in [0.4, 0.5) is 17.1 Å². The molecule has 0 saturated carbocycles. The van der Waals surface area contributed by atoms with E-state index in [9.17, 15) is 9.59 Å². The molecule has 3 N–H and O–H groups in total. The van der Waals surface area contributed by atoms with Gasteiger partial charge in [0.1, 0.15) is 5.75 Å². The highest BCUT2D eigenvalue weighted by atomic mass is 16.5. The van der Waals surface area contributed by atoms with Crippen LogP contribution in [0.5, 0.6) is 5.75 Å². The largest absolute Gasteiger partial charge is 0.495 e. The minimum atomic E-state index is -0.292. The van der Waals surface area contributed by atoms with Crippen molar-refractivity contribution in [2.24, 2.45) is 0 Å². The van der Waals surface area contributed by atoms with E-state index in [1.165, 1.54) is 0 Å². The van der Waals surface area contributed by atoms with E-state index in [0.717, 1.165) is 5.69 Å². The molecule has 0 aliphatic carbocycles. The molecular formula is C22H21N3O3. The van der Waals surface area contributed by atoms with Gasteiger partial charge in [-0.3, -0.25) is 9.59 Å². The molecule has 3 aromatic rings. The smallest absolute Gasteiger partial charge is 0.257 e. The fourth-order valence-electron chi connectivity index (χ4n) is 2.67. The average molecular weight is 375 g/mol. The summed E-state index contributed by atoms with van der Waals surface area (Å²) in [5.74, 6) is 0.0867. The normalized spacial score (nSPS) is 10.0. The van der Waals surface area contributed by atoms with Gasteiger partial charge in [-0.1, -0.05) is 42.5 Å². The molecule has 0 aliphatic heterocycles. The zero-order valence-corrected chi connectivity index (χ0v) is 15.4. The topological polar surface area (TPSA) is 79.5 Å². The first-order valence-corrected chi connectivity index (χ1v) is 8.79. The number of amides is 2. The summed E-state index contributed by atoms with van der Waals surface area (Å²) in [6.07, 6.45) is 0. The van der Waals surface area contributed by atoms with E-state index in [-0.39, 0.29) is 18.4 Å². The molecule has 3 rings (SSSR count). The van der Waals surface area contributed by atoms with Gasteiger partial charge in [0.15, 0.2) is 0 Å². The van der Waals surface area contributed by atoms with Gasteiger partial charge in [-0.05, 0) is 36.4 Å². The predicted molar refractivity (Wildman–Crippen MR) is 111 cm³/mol. The highest BCUT2D eigenvalue weighted by Crippen LogP contribution is 2.23. The second-order valence-corrected chi connectivity index (χ2v) is 5.97. The Morgan fingerprint density at radius 1 is 0.786 bits per heavy atom. The third-order valence-electron chi connectivity index (χ3n) is 4.02. The SMILES string of the molecule is COc1ccccc1NCC(=O)Nc1ccccc1C(=O)Nc1ccccc1. The fourth-order valence-corrected chi connectivity index (χ4v) is 2.67. The number of carbonyl (C=O) groups is 2. The van der Waals surface area contributed by atoms with Crippen molar-refractivity contribution in [3.05, 3.63) is 84.4 Å². The van der Waals surface area contributed by atoms with E-state index < -0.39 is 0 Å². The highest BCUT2D eigenvalue weighted by molar-refractivity contribution is 6.10. The number of carbonyl (C=O) groups excluding carboxylic acids is 2. The fraction of sp³-hybridized carbons (Fsp3) is 0.0909. The monoisotopic (exact) mass is 375 g/mol. The number of nitrogens with one attached hydrogen (secondary N) is 3. The Bertz CT molecular complexity index is 958. The van der Waals surface area contributed by atoms with Gasteiger partial charge in [-0.25, -0.2) is 0 Å². The molecule has 6 nitrogen and oxygen atoms in total. The molecule has 0 bridgehead atoms. The van der Waals surface area contributed by atoms with Crippen LogP contribution in [0.15, 0.2) is 78.9 Å². The second-order valence-electron chi connectivity index (χ2n) is 5.97. The van der Waals surface area contributed by atoms with Crippen LogP contribution in [-0.2, 0) is 4.79 Å². The molecule has 2 amide bonds. The standard InChI is InChI=1S/C22H21N3O3/c1-28-20-14-8-7-13-19(20)23-15-21(26)25-18-12-6-5-11-17(18)22(27)24-16-9-3-2-4-10-16/h2-14,23H,15H2,1H3,(H,24,27)(H,25,26). The number of para-hydroxylation sites is 4. The minimum absolute atomic E-state index is 0.0367. The first kappa shape index (κ1) is 19.0. The van der Waals surface area contributed by atoms with Crippen LogP contribution in [0.2, 0.25) is 0 Å². The van der Waals surface area contributed by atoms with Crippen molar-refractivity contribution < 1.29 is 14.3 Å². The van der Waals surface area contributed by atoms with Gasteiger partial charge >= 0.3 is 0 Å². The predicted octanol–water partition coefficient (Wildman–Crippen LogP) is 4.00. The van der Waals surface area contributed by atoms with Crippen LogP contribution >= 0.6 is 0 Å². The van der Waals surface area contributed by atoms with Crippen molar-refractivity contribution >= 4 is 28.9 Å². The van der Waals surface area contributed by atoms with Crippen molar-refractivity contribution in [1.82, 2.24) is 0 Å². The van der Waals surface area contributed by atoms with Crippen LogP contribution in [0.1, 0.15) is 10.4 Å². The Morgan fingerprint density at radius 3 is 2.18 bits per heavy atom. The van der Waals surface area contributed by atoms with Crippen LogP contribution in [-0.4, -0.2) is 25.5 Å². The third-order valence-corrected chi connectivity index (χ3v) is 4.02. The van der Waals surface area contributed by atoms with Gasteiger partial charge in [0.25, 0.3) is 5.91 Å². The maximum atomic E-state index is 12.6. The highest BCUT2D eigenvalue weighted by Gasteiger charge is 2.13. The molecule has 6 heteroatoms. The number of ether oxygens (including phenoxy) is 1. The average Bonchev–Trinajstić information content (AvgIpc) is 2.73. The zero-order valence-electron chi connectivity index (χ0n) is 15.4. The number of methoxy groups -OCH3 is 1. The molecule has 0 aromatic heterocycles. The lowest BCUT2D eigenvalue weighted by molar-refractivity contribution is -0.114. The Balaban J connectivity index is 1.65. The van der Waals surface area contributed by atoms with E-state index in [4.69, 9.17) is 4.74 Å². The number of hydrogen-bond donors (Lipinski definition) is 3. The summed E-state index contributed by atoms with van der Waals surface area (Å²) < 4.78 is 5.26. The maximum Gasteiger partial charge on any atom is 0.257 e. The van der Waals surface area contributed by atoms with Crippen LogP contribution in [0, 0.1) is 0 Å². The quantitative estimate of drug-likeness (QED) is 0.583. The number of anilines is 3. The molecule has 0 radical (unpaired) electrons. The molecule has 0 heterocycles. The van der Waals surface area contributed by atoms with Crippen molar-refractivity contribution in [3.63, 3.8) is 0 Å². The van der Waals surface area contributed by atoms with Gasteiger partial charge in [0.2, 0.25) is 5.91 Å². The molecule has 0 unspecified atom stereocenters. The minimum Gasteiger partial charge on any atom is -0.495 e. The molecule has 0 spiro atoms. The lowest BCUT2D eigenvalue weighted by atomic mass is 10.1. The first-order valence-electron chi connectivity index (χ1n) is 8.79. The van der Waals surface area contributed by atoms with Gasteiger partial charge in [-0.2, -0.15) is 0 Å². The van der Waals surface area contributed by atoms with Gasteiger partial charge in [0, 0.05) is 5.69 Å². The Kier molecular flexibility index (Phi) is 6.25. The summed E-state index contributed by atoms with van der Waals surface area (Å²) >= 11 is 0. The van der Waals surface area contributed by atoms with E-state index >= 15 is 0 Å². The van der Waals surface area contributed by atoms with Crippen molar-refractivity contribution in [1.29, 1.82) is 0 Å². The summed E-state index contributed by atoms with van der Waals surface area (Å²) in [6.45, 7) is 0.0367. The first-order chi connectivity index (χ1) is 13.7. The molecule has 0 aliphatic rings. The summed E-state index contributed by atoms with van der Waals surface area (Å²) in [6, 6.07) is 23.4. The molecular weight excluding hydrogens is 354 g/mol. The Morgan fingerprint density at radius 2 is 1.43 bits per heavy atom. The summed E-state index contributed by atoms with van der Waals surface area (Å²) in [5, 5.41) is 8.64. The van der Waals surface area contributed by atoms with E-state index in [1.807, 2.05) is 42.5 Å². The third kappa shape index (κ3) is 4.88. The van der Waals surface area contributed by atoms with Crippen molar-refractivity contribution in [2.45, 2.75) is 0 Å². The molecule has 142 valence electrons. The summed E-state index contributed by atoms with van der Waals surface area (Å²) in [5.41, 5.74) is 2.24. The Hall–Kier alpha value is -3.80. The zero-order chi connectivity index (χ0) is 19.8. The molecule has 0 saturated heterocycles. The molecule has 28 heavy (non-hydrogen) atoms. The van der Waals surface area contributed by atoms with Crippen LogP contribution in [0.3, 0.4) is 0 Å². The maximum absolute atomic E-state index is 12.6. The van der Waals surface area contributed by atoms with Crippen molar-refractivity contribution in [3.8, 4) is 5.75 Å². The molecule has 0 fully saturated rings. The Labute approximate surface area is 163 Å². The van der Waals surface area contributed by atoms with E-state index in [2.05, 4.69) is 16.0 Å². The second kappa shape index (κ2) is 9.23. The number of hydrogen-bond acceptors (Lipinski definition) is 4. The lowest BCUT2D eigenvalue weighted by Crippen LogP contribution is -2.24. The lowest BCUT2D eigenvalue weighted by Gasteiger charge is -2.13.